The van der Waals surface area contributed by atoms with Crippen molar-refractivity contribution in [1.29, 1.82) is 0 Å². The largest absolute Gasteiger partial charge is 0.492 e. The van der Waals surface area contributed by atoms with Crippen molar-refractivity contribution in [3.8, 4) is 16.9 Å². The zero-order valence-electron chi connectivity index (χ0n) is 19.1. The molecule has 3 heterocycles. The van der Waals surface area contributed by atoms with E-state index in [0.29, 0.717) is 48.1 Å². The Balaban J connectivity index is 1.68. The molecule has 10 heteroatoms. The maximum atomic E-state index is 14.7. The lowest BCUT2D eigenvalue weighted by atomic mass is 10.00. The summed E-state index contributed by atoms with van der Waals surface area (Å²) in [6.45, 7) is 0.383. The number of halogens is 1. The minimum absolute atomic E-state index is 0.0434. The molecule has 184 valence electrons. The average Bonchev–Trinajstić information content (AvgIpc) is 3.53. The van der Waals surface area contributed by atoms with Crippen LogP contribution in [0.4, 0.5) is 4.39 Å². The number of sulfonamides is 1. The minimum Gasteiger partial charge on any atom is -0.492 e. The third-order valence-corrected chi connectivity index (χ3v) is 8.49. The molecule has 2 aliphatic rings. The molecule has 1 amide bonds. The zero-order valence-corrected chi connectivity index (χ0v) is 19.9. The Morgan fingerprint density at radius 3 is 2.69 bits per heavy atom. The highest BCUT2D eigenvalue weighted by molar-refractivity contribution is 7.91. The van der Waals surface area contributed by atoms with Crippen LogP contribution < -0.4 is 15.0 Å². The summed E-state index contributed by atoms with van der Waals surface area (Å²) in [4.78, 5) is 29.3. The highest BCUT2D eigenvalue weighted by atomic mass is 32.2. The Morgan fingerprint density at radius 2 is 1.94 bits per heavy atom. The van der Waals surface area contributed by atoms with Gasteiger partial charge in [-0.2, -0.15) is 0 Å². The van der Waals surface area contributed by atoms with Gasteiger partial charge < -0.3 is 14.3 Å². The molecule has 1 saturated carbocycles. The molecular formula is C26H22FN3O5S. The number of hydrogen-bond acceptors (Lipinski definition) is 5. The maximum Gasteiger partial charge on any atom is 0.282 e. The smallest absolute Gasteiger partial charge is 0.282 e. The van der Waals surface area contributed by atoms with Crippen LogP contribution in [0.15, 0.2) is 59.5 Å². The number of aromatic amines is 1. The Bertz CT molecular complexity index is 1700. The highest BCUT2D eigenvalue weighted by Gasteiger charge is 2.39. The van der Waals surface area contributed by atoms with Gasteiger partial charge in [0.2, 0.25) is 10.0 Å². The third kappa shape index (κ3) is 3.69. The Hall–Kier alpha value is -3.92. The normalized spacial score (nSPS) is 15.0. The molecule has 2 N–H and O–H groups in total. The fraction of sp³-hybridized carbons (Fsp3) is 0.231. The van der Waals surface area contributed by atoms with Crippen LogP contribution in [0.5, 0.6) is 5.75 Å². The number of aromatic nitrogens is 2. The summed E-state index contributed by atoms with van der Waals surface area (Å²) in [5.41, 5.74) is 1.71. The van der Waals surface area contributed by atoms with Crippen LogP contribution in [0.2, 0.25) is 0 Å². The molecule has 0 unspecified atom stereocenters. The van der Waals surface area contributed by atoms with E-state index in [0.717, 1.165) is 5.56 Å². The molecule has 0 saturated heterocycles. The summed E-state index contributed by atoms with van der Waals surface area (Å²) in [5.74, 6) is -0.801. The van der Waals surface area contributed by atoms with Crippen molar-refractivity contribution < 1.29 is 22.3 Å². The van der Waals surface area contributed by atoms with Crippen LogP contribution in [-0.4, -0.2) is 35.7 Å². The second kappa shape index (κ2) is 8.34. The van der Waals surface area contributed by atoms with Crippen molar-refractivity contribution in [2.45, 2.75) is 31.1 Å². The van der Waals surface area contributed by atoms with Crippen LogP contribution in [-0.2, 0) is 23.0 Å². The molecule has 6 rings (SSSR count). The number of hydrogen-bond donors (Lipinski definition) is 2. The van der Waals surface area contributed by atoms with E-state index in [1.54, 1.807) is 41.0 Å². The predicted molar refractivity (Wildman–Crippen MR) is 132 cm³/mol. The van der Waals surface area contributed by atoms with Gasteiger partial charge in [-0.15, -0.1) is 0 Å². The van der Waals surface area contributed by atoms with E-state index in [9.17, 15) is 22.4 Å². The summed E-state index contributed by atoms with van der Waals surface area (Å²) in [7, 11) is -3.89. The fourth-order valence-corrected chi connectivity index (χ4v) is 6.08. The number of nitrogens with zero attached hydrogens (tertiary/aromatic N) is 1. The minimum atomic E-state index is -3.89. The molecule has 1 aliphatic carbocycles. The molecule has 0 atom stereocenters. The number of pyridine rings is 1. The van der Waals surface area contributed by atoms with Crippen LogP contribution in [0.1, 0.15) is 34.5 Å². The van der Waals surface area contributed by atoms with Crippen LogP contribution >= 0.6 is 0 Å². The monoisotopic (exact) mass is 507 g/mol. The number of H-pyrrole nitrogens is 1. The summed E-state index contributed by atoms with van der Waals surface area (Å²) in [5, 5.41) is -0.103. The third-order valence-electron chi connectivity index (χ3n) is 6.67. The number of rotatable bonds is 6. The Morgan fingerprint density at radius 1 is 1.14 bits per heavy atom. The van der Waals surface area contributed by atoms with Gasteiger partial charge in [-0.1, -0.05) is 24.3 Å². The van der Waals surface area contributed by atoms with Gasteiger partial charge in [0.1, 0.15) is 17.3 Å². The lowest BCUT2D eigenvalue weighted by Gasteiger charge is -2.13. The van der Waals surface area contributed by atoms with Crippen LogP contribution in [0.25, 0.3) is 22.0 Å². The molecule has 2 aromatic heterocycles. The standard InChI is InChI=1S/C26H22FN3O5S/c27-19-6-2-1-4-16(19)14-30-20-10-7-15-11-13-35-24(15)22(20)21(18-5-3-12-28-25(18)31)23(30)26(32)29-36(33,34)17-8-9-17/h1-7,10,12,17H,8-9,11,13-14H2,(H,28,31)(H,29,32). The van der Waals surface area contributed by atoms with E-state index in [2.05, 4.69) is 9.71 Å². The van der Waals surface area contributed by atoms with Gasteiger partial charge in [-0.25, -0.2) is 17.5 Å². The van der Waals surface area contributed by atoms with Crippen molar-refractivity contribution in [3.05, 3.63) is 87.7 Å². The number of benzene rings is 2. The maximum absolute atomic E-state index is 14.7. The molecule has 0 spiro atoms. The van der Waals surface area contributed by atoms with Crippen molar-refractivity contribution in [2.24, 2.45) is 0 Å². The number of ether oxygens (including phenoxy) is 1. The summed E-state index contributed by atoms with van der Waals surface area (Å²) < 4.78 is 49.9. The molecule has 0 bridgehead atoms. The summed E-state index contributed by atoms with van der Waals surface area (Å²) in [6, 6.07) is 13.1. The SMILES string of the molecule is O=C(NS(=O)(=O)C1CC1)c1c(-c2ccc[nH]c2=O)c2c3c(ccc2n1Cc1ccccc1F)CCO3. The van der Waals surface area contributed by atoms with Gasteiger partial charge >= 0.3 is 0 Å². The first-order valence-corrected chi connectivity index (χ1v) is 13.2. The van der Waals surface area contributed by atoms with Crippen LogP contribution in [0, 0.1) is 5.82 Å². The lowest BCUT2D eigenvalue weighted by Crippen LogP contribution is -2.35. The number of carbonyl (C=O) groups is 1. The quantitative estimate of drug-likeness (QED) is 0.416. The zero-order chi connectivity index (χ0) is 25.0. The van der Waals surface area contributed by atoms with Crippen molar-refractivity contribution in [1.82, 2.24) is 14.3 Å². The number of carbonyl (C=O) groups excluding carboxylic acids is 1. The van der Waals surface area contributed by atoms with E-state index in [4.69, 9.17) is 4.74 Å². The van der Waals surface area contributed by atoms with Gasteiger partial charge in [0.15, 0.2) is 0 Å². The lowest BCUT2D eigenvalue weighted by molar-refractivity contribution is 0.0974. The fourth-order valence-electron chi connectivity index (χ4n) is 4.80. The molecule has 4 aromatic rings. The van der Waals surface area contributed by atoms with Crippen molar-refractivity contribution in [3.63, 3.8) is 0 Å². The summed E-state index contributed by atoms with van der Waals surface area (Å²) in [6.07, 6.45) is 3.09. The molecular weight excluding hydrogens is 485 g/mol. The topological polar surface area (TPSA) is 110 Å². The van der Waals surface area contributed by atoms with Crippen molar-refractivity contribution >= 4 is 26.8 Å². The average molecular weight is 508 g/mol. The van der Waals surface area contributed by atoms with E-state index < -0.39 is 32.6 Å². The van der Waals surface area contributed by atoms with E-state index in [1.807, 2.05) is 6.07 Å². The van der Waals surface area contributed by atoms with Gasteiger partial charge in [0.25, 0.3) is 11.5 Å². The highest BCUT2D eigenvalue weighted by Crippen LogP contribution is 2.43. The van der Waals surface area contributed by atoms with E-state index in [1.165, 1.54) is 12.3 Å². The number of amides is 1. The van der Waals surface area contributed by atoms with E-state index >= 15 is 0 Å². The first-order chi connectivity index (χ1) is 17.3. The molecule has 1 aliphatic heterocycles. The van der Waals surface area contributed by atoms with Gasteiger partial charge in [0, 0.05) is 23.7 Å². The molecule has 1 fully saturated rings. The first kappa shape index (κ1) is 22.5. The van der Waals surface area contributed by atoms with Gasteiger partial charge in [0.05, 0.1) is 34.9 Å². The van der Waals surface area contributed by atoms with Gasteiger partial charge in [-0.05, 0) is 42.7 Å². The molecule has 8 nitrogen and oxygen atoms in total. The van der Waals surface area contributed by atoms with Crippen LogP contribution in [0.3, 0.4) is 0 Å². The second-order valence-electron chi connectivity index (χ2n) is 9.04. The second-order valence-corrected chi connectivity index (χ2v) is 11.0. The molecule has 2 aromatic carbocycles. The predicted octanol–water partition coefficient (Wildman–Crippen LogP) is 3.34. The Labute approximate surface area is 205 Å². The number of nitrogens with one attached hydrogen (secondary N) is 2. The van der Waals surface area contributed by atoms with E-state index in [-0.39, 0.29) is 23.4 Å². The first-order valence-electron chi connectivity index (χ1n) is 11.6. The molecule has 0 radical (unpaired) electrons. The van der Waals surface area contributed by atoms with Gasteiger partial charge in [-0.3, -0.25) is 9.59 Å². The summed E-state index contributed by atoms with van der Waals surface area (Å²) >= 11 is 0. The Kier molecular flexibility index (Phi) is 5.22. The number of fused-ring (bicyclic) bond motifs is 3. The van der Waals surface area contributed by atoms with Crippen molar-refractivity contribution in [2.75, 3.05) is 6.61 Å². The molecule has 36 heavy (non-hydrogen) atoms.